The van der Waals surface area contributed by atoms with Gasteiger partial charge in [0.1, 0.15) is 12.6 Å². The van der Waals surface area contributed by atoms with Crippen LogP contribution in [0, 0.1) is 20.8 Å². The summed E-state index contributed by atoms with van der Waals surface area (Å²) in [7, 11) is -4.14. The molecule has 3 rings (SSSR count). The molecule has 0 fully saturated rings. The number of benzene rings is 3. The number of halogens is 1. The first-order chi connectivity index (χ1) is 18.9. The average molecular weight is 584 g/mol. The van der Waals surface area contributed by atoms with Crippen LogP contribution in [-0.4, -0.2) is 44.3 Å². The monoisotopic (exact) mass is 583 g/mol. The van der Waals surface area contributed by atoms with Crippen LogP contribution in [0.3, 0.4) is 0 Å². The van der Waals surface area contributed by atoms with Crippen LogP contribution in [0.2, 0.25) is 5.02 Å². The predicted octanol–water partition coefficient (Wildman–Crippen LogP) is 5.79. The summed E-state index contributed by atoms with van der Waals surface area (Å²) in [5.74, 6) is -0.800. The molecule has 0 aliphatic heterocycles. The van der Waals surface area contributed by atoms with Crippen LogP contribution in [0.5, 0.6) is 0 Å². The van der Waals surface area contributed by atoms with Gasteiger partial charge in [-0.05, 0) is 69.5 Å². The van der Waals surface area contributed by atoms with Gasteiger partial charge in [0, 0.05) is 18.1 Å². The maximum atomic E-state index is 14.0. The molecule has 0 aromatic heterocycles. The van der Waals surface area contributed by atoms with Crippen LogP contribution in [0.25, 0.3) is 0 Å². The van der Waals surface area contributed by atoms with E-state index in [-0.39, 0.29) is 23.0 Å². The second kappa shape index (κ2) is 13.8. The van der Waals surface area contributed by atoms with Crippen molar-refractivity contribution in [2.24, 2.45) is 0 Å². The zero-order valence-electron chi connectivity index (χ0n) is 23.8. The Balaban J connectivity index is 2.02. The van der Waals surface area contributed by atoms with Gasteiger partial charge >= 0.3 is 0 Å². The van der Waals surface area contributed by atoms with Crippen LogP contribution in [0.15, 0.2) is 71.6 Å². The van der Waals surface area contributed by atoms with Gasteiger partial charge in [0.15, 0.2) is 0 Å². The third kappa shape index (κ3) is 7.86. The van der Waals surface area contributed by atoms with Crippen LogP contribution < -0.4 is 9.62 Å². The first-order valence-electron chi connectivity index (χ1n) is 13.4. The Bertz CT molecular complexity index is 1420. The van der Waals surface area contributed by atoms with E-state index in [1.54, 1.807) is 37.3 Å². The second-order valence-electron chi connectivity index (χ2n) is 10.1. The highest BCUT2D eigenvalue weighted by Gasteiger charge is 2.32. The van der Waals surface area contributed by atoms with Gasteiger partial charge in [0.2, 0.25) is 11.8 Å². The van der Waals surface area contributed by atoms with Crippen molar-refractivity contribution in [3.05, 3.63) is 94.0 Å². The number of carbonyl (C=O) groups is 2. The van der Waals surface area contributed by atoms with E-state index in [0.717, 1.165) is 39.4 Å². The lowest BCUT2D eigenvalue weighted by atomic mass is 10.1. The van der Waals surface area contributed by atoms with Crippen molar-refractivity contribution in [1.82, 2.24) is 10.2 Å². The van der Waals surface area contributed by atoms with Crippen molar-refractivity contribution in [1.29, 1.82) is 0 Å². The van der Waals surface area contributed by atoms with Gasteiger partial charge in [-0.1, -0.05) is 78.5 Å². The van der Waals surface area contributed by atoms with E-state index < -0.39 is 28.5 Å². The Hall–Kier alpha value is -3.36. The van der Waals surface area contributed by atoms with Gasteiger partial charge < -0.3 is 10.2 Å². The SMILES string of the molecule is CCCCNC(=O)C(C)N(Cc1ccc(C)cc1)C(=O)CN(c1ccc(C)c(Cl)c1)S(=O)(=O)c1ccc(C)cc1. The number of aryl methyl sites for hydroxylation is 3. The number of hydrogen-bond donors (Lipinski definition) is 1. The van der Waals surface area contributed by atoms with Gasteiger partial charge in [0.05, 0.1) is 10.6 Å². The molecule has 1 N–H and O–H groups in total. The lowest BCUT2D eigenvalue weighted by Crippen LogP contribution is -2.51. The molecule has 3 aromatic rings. The van der Waals surface area contributed by atoms with Gasteiger partial charge in [-0.2, -0.15) is 0 Å². The van der Waals surface area contributed by atoms with Crippen LogP contribution in [-0.2, 0) is 26.2 Å². The number of amides is 2. The number of hydrogen-bond acceptors (Lipinski definition) is 4. The van der Waals surface area contributed by atoms with E-state index in [9.17, 15) is 18.0 Å². The standard InChI is InChI=1S/C31H38ClN3O4S/c1-6-7-18-33-31(37)25(5)34(20-26-13-8-22(2)9-14-26)30(36)21-35(27-15-12-24(4)29(32)19-27)40(38,39)28-16-10-23(3)11-17-28/h8-17,19,25H,6-7,18,20-21H2,1-5H3,(H,33,37). The fraction of sp³-hybridized carbons (Fsp3) is 0.355. The first-order valence-corrected chi connectivity index (χ1v) is 15.2. The number of rotatable bonds is 12. The van der Waals surface area contributed by atoms with Gasteiger partial charge in [-0.3, -0.25) is 13.9 Å². The summed E-state index contributed by atoms with van der Waals surface area (Å²) >= 11 is 6.38. The van der Waals surface area contributed by atoms with Crippen molar-refractivity contribution >= 4 is 39.1 Å². The van der Waals surface area contributed by atoms with Crippen molar-refractivity contribution in [2.45, 2.75) is 64.9 Å². The molecule has 40 heavy (non-hydrogen) atoms. The van der Waals surface area contributed by atoms with Crippen molar-refractivity contribution in [3.8, 4) is 0 Å². The number of nitrogens with zero attached hydrogens (tertiary/aromatic N) is 2. The van der Waals surface area contributed by atoms with E-state index >= 15 is 0 Å². The highest BCUT2D eigenvalue weighted by molar-refractivity contribution is 7.92. The minimum atomic E-state index is -4.14. The van der Waals surface area contributed by atoms with Crippen molar-refractivity contribution < 1.29 is 18.0 Å². The molecular formula is C31H38ClN3O4S. The highest BCUT2D eigenvalue weighted by Crippen LogP contribution is 2.28. The second-order valence-corrected chi connectivity index (χ2v) is 12.4. The zero-order chi connectivity index (χ0) is 29.4. The van der Waals surface area contributed by atoms with E-state index in [1.807, 2.05) is 52.0 Å². The number of carbonyl (C=O) groups excluding carboxylic acids is 2. The molecule has 0 spiro atoms. The van der Waals surface area contributed by atoms with Crippen LogP contribution in [0.4, 0.5) is 5.69 Å². The summed E-state index contributed by atoms with van der Waals surface area (Å²) in [5, 5.41) is 3.28. The summed E-state index contributed by atoms with van der Waals surface area (Å²) in [6.07, 6.45) is 1.74. The normalized spacial score (nSPS) is 12.1. The molecule has 7 nitrogen and oxygen atoms in total. The molecule has 3 aromatic carbocycles. The van der Waals surface area contributed by atoms with Gasteiger partial charge in [0.25, 0.3) is 10.0 Å². The highest BCUT2D eigenvalue weighted by atomic mass is 35.5. The Labute approximate surface area is 243 Å². The largest absolute Gasteiger partial charge is 0.354 e. The number of unbranched alkanes of at least 4 members (excludes halogenated alkanes) is 1. The Morgan fingerprint density at radius 2 is 1.52 bits per heavy atom. The molecule has 0 saturated heterocycles. The number of nitrogens with one attached hydrogen (secondary N) is 1. The summed E-state index contributed by atoms with van der Waals surface area (Å²) in [5.41, 5.74) is 3.85. The van der Waals surface area contributed by atoms with Crippen molar-refractivity contribution in [2.75, 3.05) is 17.4 Å². The third-order valence-corrected chi connectivity index (χ3v) is 9.00. The van der Waals surface area contributed by atoms with Crippen LogP contribution in [0.1, 0.15) is 48.9 Å². The van der Waals surface area contributed by atoms with Crippen molar-refractivity contribution in [3.63, 3.8) is 0 Å². The summed E-state index contributed by atoms with van der Waals surface area (Å²) in [6.45, 7) is 9.49. The Kier molecular flexibility index (Phi) is 10.8. The zero-order valence-corrected chi connectivity index (χ0v) is 25.3. The van der Waals surface area contributed by atoms with E-state index in [4.69, 9.17) is 11.6 Å². The maximum absolute atomic E-state index is 14.0. The molecule has 9 heteroatoms. The Morgan fingerprint density at radius 1 is 0.925 bits per heavy atom. The fourth-order valence-corrected chi connectivity index (χ4v) is 5.69. The topological polar surface area (TPSA) is 86.8 Å². The molecule has 0 radical (unpaired) electrons. The maximum Gasteiger partial charge on any atom is 0.264 e. The quantitative estimate of drug-likeness (QED) is 0.273. The number of anilines is 1. The lowest BCUT2D eigenvalue weighted by molar-refractivity contribution is -0.139. The number of sulfonamides is 1. The molecular weight excluding hydrogens is 546 g/mol. The van der Waals surface area contributed by atoms with Gasteiger partial charge in [-0.25, -0.2) is 8.42 Å². The molecule has 1 unspecified atom stereocenters. The van der Waals surface area contributed by atoms with Gasteiger partial charge in [-0.15, -0.1) is 0 Å². The molecule has 0 bridgehead atoms. The molecule has 0 aliphatic carbocycles. The molecule has 0 heterocycles. The van der Waals surface area contributed by atoms with Crippen LogP contribution >= 0.6 is 11.6 Å². The van der Waals surface area contributed by atoms with E-state index in [0.29, 0.717) is 11.6 Å². The first kappa shape index (κ1) is 31.2. The summed E-state index contributed by atoms with van der Waals surface area (Å²) in [4.78, 5) is 28.5. The Morgan fingerprint density at radius 3 is 2.10 bits per heavy atom. The minimum absolute atomic E-state index is 0.0537. The van der Waals surface area contributed by atoms with E-state index in [1.165, 1.54) is 17.0 Å². The average Bonchev–Trinajstić information content (AvgIpc) is 2.92. The van der Waals surface area contributed by atoms with E-state index in [2.05, 4.69) is 5.32 Å². The minimum Gasteiger partial charge on any atom is -0.354 e. The smallest absolute Gasteiger partial charge is 0.264 e. The predicted molar refractivity (Wildman–Crippen MR) is 161 cm³/mol. The molecule has 1 atom stereocenters. The summed E-state index contributed by atoms with van der Waals surface area (Å²) in [6, 6.07) is 18.2. The fourth-order valence-electron chi connectivity index (χ4n) is 4.11. The molecule has 214 valence electrons. The summed E-state index contributed by atoms with van der Waals surface area (Å²) < 4.78 is 28.9. The lowest BCUT2D eigenvalue weighted by Gasteiger charge is -2.32. The molecule has 0 aliphatic rings. The molecule has 2 amide bonds. The third-order valence-electron chi connectivity index (χ3n) is 6.80. The molecule has 0 saturated carbocycles.